The second kappa shape index (κ2) is 7.85. The Morgan fingerprint density at radius 3 is 2.59 bits per heavy atom. The molecular formula is C21H27N5O2S. The third kappa shape index (κ3) is 4.05. The van der Waals surface area contributed by atoms with Gasteiger partial charge in [-0.2, -0.15) is 0 Å². The van der Waals surface area contributed by atoms with Crippen LogP contribution < -0.4 is 0 Å². The molecule has 0 saturated heterocycles. The Kier molecular flexibility index (Phi) is 5.42. The first-order valence-corrected chi connectivity index (χ1v) is 11.4. The van der Waals surface area contributed by atoms with Crippen LogP contribution >= 0.6 is 0 Å². The first kappa shape index (κ1) is 20.0. The maximum absolute atomic E-state index is 12.5. The summed E-state index contributed by atoms with van der Waals surface area (Å²) >= 11 is 0. The fraction of sp³-hybridized carbons (Fsp3) is 0.429. The van der Waals surface area contributed by atoms with Crippen LogP contribution in [-0.2, 0) is 29.7 Å². The average molecular weight is 414 g/mol. The fourth-order valence-corrected chi connectivity index (χ4v) is 4.59. The SMILES string of the molecule is CCn1c(CN(Cc2cccnc2)C2CC2)nc2cc(S(=O)(=O)N(C)C)ccc21. The van der Waals surface area contributed by atoms with Crippen LogP contribution in [-0.4, -0.2) is 52.3 Å². The number of benzene rings is 1. The average Bonchev–Trinajstić information content (AvgIpc) is 3.49. The van der Waals surface area contributed by atoms with Crippen LogP contribution in [0.3, 0.4) is 0 Å². The highest BCUT2D eigenvalue weighted by atomic mass is 32.2. The molecule has 0 radical (unpaired) electrons. The second-order valence-corrected chi connectivity index (χ2v) is 9.86. The van der Waals surface area contributed by atoms with Crippen LogP contribution in [0.5, 0.6) is 0 Å². The van der Waals surface area contributed by atoms with Crippen LogP contribution in [0.15, 0.2) is 47.6 Å². The summed E-state index contributed by atoms with van der Waals surface area (Å²) < 4.78 is 28.4. The van der Waals surface area contributed by atoms with Gasteiger partial charge in [0, 0.05) is 45.6 Å². The molecule has 1 aromatic carbocycles. The lowest BCUT2D eigenvalue weighted by molar-refractivity contribution is 0.236. The summed E-state index contributed by atoms with van der Waals surface area (Å²) in [5, 5.41) is 0. The van der Waals surface area contributed by atoms with Crippen molar-refractivity contribution in [3.63, 3.8) is 0 Å². The van der Waals surface area contributed by atoms with Crippen molar-refractivity contribution in [2.45, 2.75) is 50.3 Å². The van der Waals surface area contributed by atoms with Gasteiger partial charge < -0.3 is 4.57 Å². The Bertz CT molecular complexity index is 1100. The van der Waals surface area contributed by atoms with E-state index in [1.54, 1.807) is 32.4 Å². The van der Waals surface area contributed by atoms with Crippen molar-refractivity contribution < 1.29 is 8.42 Å². The molecule has 1 saturated carbocycles. The highest BCUT2D eigenvalue weighted by Gasteiger charge is 2.30. The smallest absolute Gasteiger partial charge is 0.242 e. The molecule has 4 rings (SSSR count). The van der Waals surface area contributed by atoms with Crippen molar-refractivity contribution in [1.29, 1.82) is 0 Å². The van der Waals surface area contributed by atoms with Crippen LogP contribution in [0.2, 0.25) is 0 Å². The molecule has 1 fully saturated rings. The lowest BCUT2D eigenvalue weighted by Gasteiger charge is -2.22. The van der Waals surface area contributed by atoms with Crippen molar-refractivity contribution >= 4 is 21.1 Å². The molecule has 0 bridgehead atoms. The summed E-state index contributed by atoms with van der Waals surface area (Å²) in [6, 6.07) is 9.86. The molecule has 1 aliphatic rings. The molecule has 8 heteroatoms. The number of fused-ring (bicyclic) bond motifs is 1. The number of aryl methyl sites for hydroxylation is 1. The van der Waals surface area contributed by atoms with Gasteiger partial charge in [0.25, 0.3) is 0 Å². The topological polar surface area (TPSA) is 71.3 Å². The first-order valence-electron chi connectivity index (χ1n) is 9.94. The van der Waals surface area contributed by atoms with Gasteiger partial charge in [-0.05, 0) is 49.6 Å². The number of sulfonamides is 1. The molecule has 0 atom stereocenters. The lowest BCUT2D eigenvalue weighted by Crippen LogP contribution is -2.26. The van der Waals surface area contributed by atoms with Gasteiger partial charge in [-0.25, -0.2) is 17.7 Å². The number of rotatable bonds is 8. The molecule has 0 unspecified atom stereocenters. The van der Waals surface area contributed by atoms with Gasteiger partial charge in [0.1, 0.15) is 5.82 Å². The van der Waals surface area contributed by atoms with Crippen molar-refractivity contribution in [3.05, 3.63) is 54.1 Å². The molecule has 154 valence electrons. The normalized spacial score (nSPS) is 14.9. The molecule has 0 spiro atoms. The van der Waals surface area contributed by atoms with Gasteiger partial charge in [0.2, 0.25) is 10.0 Å². The molecule has 0 N–H and O–H groups in total. The number of hydrogen-bond acceptors (Lipinski definition) is 5. The van der Waals surface area contributed by atoms with Crippen molar-refractivity contribution in [3.8, 4) is 0 Å². The van der Waals surface area contributed by atoms with Crippen molar-refractivity contribution in [2.24, 2.45) is 0 Å². The summed E-state index contributed by atoms with van der Waals surface area (Å²) in [7, 11) is -0.393. The number of hydrogen-bond donors (Lipinski definition) is 0. The summed E-state index contributed by atoms with van der Waals surface area (Å²) in [6.07, 6.45) is 6.12. The van der Waals surface area contributed by atoms with E-state index in [0.717, 1.165) is 36.5 Å². The maximum Gasteiger partial charge on any atom is 0.242 e. The lowest BCUT2D eigenvalue weighted by atomic mass is 10.2. The van der Waals surface area contributed by atoms with Gasteiger partial charge in [-0.1, -0.05) is 6.07 Å². The Labute approximate surface area is 172 Å². The van der Waals surface area contributed by atoms with Gasteiger partial charge in [-0.3, -0.25) is 9.88 Å². The minimum Gasteiger partial charge on any atom is -0.327 e. The number of aromatic nitrogens is 3. The van der Waals surface area contributed by atoms with E-state index in [9.17, 15) is 8.42 Å². The highest BCUT2D eigenvalue weighted by molar-refractivity contribution is 7.89. The largest absolute Gasteiger partial charge is 0.327 e. The highest BCUT2D eigenvalue weighted by Crippen LogP contribution is 2.30. The second-order valence-electron chi connectivity index (χ2n) is 7.71. The zero-order valence-electron chi connectivity index (χ0n) is 17.1. The summed E-state index contributed by atoms with van der Waals surface area (Å²) in [6.45, 7) is 4.46. The molecule has 2 heterocycles. The molecule has 2 aromatic heterocycles. The number of imidazole rings is 1. The third-order valence-corrected chi connectivity index (χ3v) is 7.22. The zero-order chi connectivity index (χ0) is 20.6. The van der Waals surface area contributed by atoms with Crippen LogP contribution in [0.1, 0.15) is 31.2 Å². The van der Waals surface area contributed by atoms with E-state index in [1.165, 1.54) is 22.7 Å². The molecular weight excluding hydrogens is 386 g/mol. The Balaban J connectivity index is 1.67. The summed E-state index contributed by atoms with van der Waals surface area (Å²) in [5.41, 5.74) is 2.89. The Morgan fingerprint density at radius 2 is 1.97 bits per heavy atom. The van der Waals surface area contributed by atoms with E-state index in [1.807, 2.05) is 18.3 Å². The third-order valence-electron chi connectivity index (χ3n) is 5.41. The van der Waals surface area contributed by atoms with E-state index in [0.29, 0.717) is 6.04 Å². The first-order chi connectivity index (χ1) is 13.9. The maximum atomic E-state index is 12.5. The van der Waals surface area contributed by atoms with Crippen LogP contribution in [0, 0.1) is 0 Å². The van der Waals surface area contributed by atoms with E-state index in [4.69, 9.17) is 4.98 Å². The van der Waals surface area contributed by atoms with E-state index < -0.39 is 10.0 Å². The van der Waals surface area contributed by atoms with E-state index >= 15 is 0 Å². The van der Waals surface area contributed by atoms with Crippen molar-refractivity contribution in [1.82, 2.24) is 23.7 Å². The van der Waals surface area contributed by atoms with Crippen LogP contribution in [0.25, 0.3) is 11.0 Å². The summed E-state index contributed by atoms with van der Waals surface area (Å²) in [4.78, 5) is 11.8. The Hall–Kier alpha value is -2.29. The number of pyridine rings is 1. The summed E-state index contributed by atoms with van der Waals surface area (Å²) in [5.74, 6) is 0.970. The monoisotopic (exact) mass is 413 g/mol. The Morgan fingerprint density at radius 1 is 1.17 bits per heavy atom. The molecule has 7 nitrogen and oxygen atoms in total. The van der Waals surface area contributed by atoms with E-state index in [2.05, 4.69) is 27.4 Å². The van der Waals surface area contributed by atoms with Gasteiger partial charge in [-0.15, -0.1) is 0 Å². The molecule has 29 heavy (non-hydrogen) atoms. The van der Waals surface area contributed by atoms with Gasteiger partial charge >= 0.3 is 0 Å². The number of nitrogens with zero attached hydrogens (tertiary/aromatic N) is 5. The fourth-order valence-electron chi connectivity index (χ4n) is 3.67. The van der Waals surface area contributed by atoms with Gasteiger partial charge in [0.15, 0.2) is 0 Å². The molecule has 1 aliphatic carbocycles. The predicted molar refractivity (Wildman–Crippen MR) is 113 cm³/mol. The standard InChI is InChI=1S/C21H27N5O2S/c1-4-26-20-10-9-18(29(27,28)24(2)3)12-19(20)23-21(26)15-25(17-7-8-17)14-16-6-5-11-22-13-16/h5-6,9-13,17H,4,7-8,14-15H2,1-3H3. The van der Waals surface area contributed by atoms with Crippen molar-refractivity contribution in [2.75, 3.05) is 14.1 Å². The van der Waals surface area contributed by atoms with E-state index in [-0.39, 0.29) is 4.90 Å². The molecule has 0 amide bonds. The quantitative estimate of drug-likeness (QED) is 0.568. The minimum absolute atomic E-state index is 0.275. The van der Waals surface area contributed by atoms with Crippen LogP contribution in [0.4, 0.5) is 0 Å². The predicted octanol–water partition coefficient (Wildman–Crippen LogP) is 2.87. The minimum atomic E-state index is -3.48. The zero-order valence-corrected chi connectivity index (χ0v) is 17.9. The molecule has 0 aliphatic heterocycles. The molecule has 3 aromatic rings. The van der Waals surface area contributed by atoms with Gasteiger partial charge in [0.05, 0.1) is 22.5 Å².